The molecule has 0 radical (unpaired) electrons. The Kier molecular flexibility index (Phi) is 11.0. The molecule has 0 heterocycles. The lowest BCUT2D eigenvalue weighted by atomic mass is 10.1. The number of carbonyl (C=O) groups excluding carboxylic acids is 2. The molecule has 2 amide bonds. The van der Waals surface area contributed by atoms with Gasteiger partial charge in [-0.15, -0.1) is 0 Å². The number of nitrogens with one attached hydrogen (secondary N) is 1. The molecule has 0 aliphatic carbocycles. The van der Waals surface area contributed by atoms with Crippen LogP contribution in [0.5, 0.6) is 0 Å². The van der Waals surface area contributed by atoms with Gasteiger partial charge in [-0.25, -0.2) is 17.2 Å². The molecule has 37 heavy (non-hydrogen) atoms. The second-order valence-electron chi connectivity index (χ2n) is 9.61. The SMILES string of the molecule is CC[C@H](C(=O)NCC(C)C)N(Cc1ccc(C)cc1)C(=O)CCCN(c1ccc(F)c(F)c1)S(C)(=O)=O. The van der Waals surface area contributed by atoms with Crippen LogP contribution in [0.3, 0.4) is 0 Å². The quantitative estimate of drug-likeness (QED) is 0.410. The van der Waals surface area contributed by atoms with Crippen molar-refractivity contribution in [2.75, 3.05) is 23.7 Å². The van der Waals surface area contributed by atoms with Crippen molar-refractivity contribution < 1.29 is 26.8 Å². The molecule has 7 nitrogen and oxygen atoms in total. The Morgan fingerprint density at radius 1 is 1.03 bits per heavy atom. The van der Waals surface area contributed by atoms with E-state index in [2.05, 4.69) is 5.32 Å². The highest BCUT2D eigenvalue weighted by atomic mass is 32.2. The fourth-order valence-corrected chi connectivity index (χ4v) is 4.83. The van der Waals surface area contributed by atoms with Gasteiger partial charge in [-0.1, -0.05) is 50.6 Å². The zero-order chi connectivity index (χ0) is 27.8. The molecule has 10 heteroatoms. The van der Waals surface area contributed by atoms with Crippen LogP contribution in [0.25, 0.3) is 0 Å². The highest BCUT2D eigenvalue weighted by molar-refractivity contribution is 7.92. The van der Waals surface area contributed by atoms with Gasteiger partial charge in [0.1, 0.15) is 6.04 Å². The first kappa shape index (κ1) is 30.2. The van der Waals surface area contributed by atoms with Gasteiger partial charge >= 0.3 is 0 Å². The molecule has 0 saturated heterocycles. The maximum atomic E-state index is 13.7. The third-order valence-electron chi connectivity index (χ3n) is 5.89. The maximum absolute atomic E-state index is 13.7. The summed E-state index contributed by atoms with van der Waals surface area (Å²) in [5.74, 6) is -2.53. The van der Waals surface area contributed by atoms with Crippen molar-refractivity contribution in [2.45, 2.75) is 59.5 Å². The van der Waals surface area contributed by atoms with Crippen LogP contribution in [-0.4, -0.2) is 50.5 Å². The van der Waals surface area contributed by atoms with Crippen molar-refractivity contribution in [3.8, 4) is 0 Å². The summed E-state index contributed by atoms with van der Waals surface area (Å²) >= 11 is 0. The zero-order valence-electron chi connectivity index (χ0n) is 22.1. The summed E-state index contributed by atoms with van der Waals surface area (Å²) in [4.78, 5) is 27.9. The summed E-state index contributed by atoms with van der Waals surface area (Å²) in [5, 5.41) is 2.90. The van der Waals surface area contributed by atoms with Crippen LogP contribution >= 0.6 is 0 Å². The number of nitrogens with zero attached hydrogens (tertiary/aromatic N) is 2. The minimum absolute atomic E-state index is 0.0233. The van der Waals surface area contributed by atoms with E-state index in [9.17, 15) is 26.8 Å². The Labute approximate surface area is 218 Å². The Morgan fingerprint density at radius 3 is 2.22 bits per heavy atom. The lowest BCUT2D eigenvalue weighted by molar-refractivity contribution is -0.141. The molecule has 1 atom stereocenters. The first-order valence-electron chi connectivity index (χ1n) is 12.4. The molecular weight excluding hydrogens is 500 g/mol. The largest absolute Gasteiger partial charge is 0.354 e. The number of hydrogen-bond acceptors (Lipinski definition) is 4. The first-order valence-corrected chi connectivity index (χ1v) is 14.2. The number of hydrogen-bond donors (Lipinski definition) is 1. The average molecular weight is 538 g/mol. The van der Waals surface area contributed by atoms with Crippen LogP contribution < -0.4 is 9.62 Å². The first-order chi connectivity index (χ1) is 17.3. The number of halogens is 2. The third kappa shape index (κ3) is 9.10. The van der Waals surface area contributed by atoms with Crippen LogP contribution in [0.1, 0.15) is 51.2 Å². The van der Waals surface area contributed by atoms with Crippen LogP contribution in [0.15, 0.2) is 42.5 Å². The normalized spacial score (nSPS) is 12.3. The molecule has 0 fully saturated rings. The molecular formula is C27H37F2N3O4S. The van der Waals surface area contributed by atoms with Crippen molar-refractivity contribution in [3.05, 3.63) is 65.2 Å². The van der Waals surface area contributed by atoms with Gasteiger partial charge in [-0.05, 0) is 43.4 Å². The standard InChI is InChI=1S/C27H37F2N3O4S/c1-6-25(27(34)30-17-19(2)3)31(18-21-11-9-20(4)10-12-21)26(33)8-7-15-32(37(5,35)36)22-13-14-23(28)24(29)16-22/h9-14,16,19,25H,6-8,15,17-18H2,1-5H3,(H,30,34)/t25-/m1/s1. The van der Waals surface area contributed by atoms with E-state index >= 15 is 0 Å². The van der Waals surface area contributed by atoms with E-state index in [-0.39, 0.29) is 49.4 Å². The zero-order valence-corrected chi connectivity index (χ0v) is 22.9. The van der Waals surface area contributed by atoms with E-state index in [0.717, 1.165) is 33.8 Å². The summed E-state index contributed by atoms with van der Waals surface area (Å²) in [5.41, 5.74) is 1.92. The number of carbonyl (C=O) groups is 2. The molecule has 0 spiro atoms. The minimum Gasteiger partial charge on any atom is -0.354 e. The number of sulfonamides is 1. The van der Waals surface area contributed by atoms with E-state index in [1.807, 2.05) is 52.0 Å². The molecule has 2 aromatic rings. The predicted octanol–water partition coefficient (Wildman–Crippen LogP) is 4.40. The smallest absolute Gasteiger partial charge is 0.242 e. The summed E-state index contributed by atoms with van der Waals surface area (Å²) in [6.07, 6.45) is 1.46. The molecule has 0 aliphatic heterocycles. The van der Waals surface area contributed by atoms with Gasteiger partial charge in [0.2, 0.25) is 21.8 Å². The summed E-state index contributed by atoms with van der Waals surface area (Å²) in [6.45, 7) is 8.37. The van der Waals surface area contributed by atoms with Gasteiger partial charge in [0.25, 0.3) is 0 Å². The van der Waals surface area contributed by atoms with E-state index in [1.165, 1.54) is 11.0 Å². The fraction of sp³-hybridized carbons (Fsp3) is 0.481. The molecule has 2 aromatic carbocycles. The molecule has 0 aliphatic rings. The molecule has 0 saturated carbocycles. The minimum atomic E-state index is -3.81. The van der Waals surface area contributed by atoms with E-state index in [1.54, 1.807) is 0 Å². The molecule has 0 bridgehead atoms. The molecule has 0 aromatic heterocycles. The molecule has 2 rings (SSSR count). The highest BCUT2D eigenvalue weighted by Crippen LogP contribution is 2.22. The van der Waals surface area contributed by atoms with Crippen LogP contribution in [0.2, 0.25) is 0 Å². The van der Waals surface area contributed by atoms with E-state index < -0.39 is 27.7 Å². The van der Waals surface area contributed by atoms with Crippen molar-refractivity contribution in [1.29, 1.82) is 0 Å². The summed E-state index contributed by atoms with van der Waals surface area (Å²) < 4.78 is 52.7. The van der Waals surface area contributed by atoms with Crippen LogP contribution in [-0.2, 0) is 26.2 Å². The predicted molar refractivity (Wildman–Crippen MR) is 141 cm³/mol. The monoisotopic (exact) mass is 537 g/mol. The Balaban J connectivity index is 2.22. The second-order valence-corrected chi connectivity index (χ2v) is 11.5. The lowest BCUT2D eigenvalue weighted by Gasteiger charge is -2.31. The van der Waals surface area contributed by atoms with Gasteiger partial charge in [0.15, 0.2) is 11.6 Å². The lowest BCUT2D eigenvalue weighted by Crippen LogP contribution is -2.49. The van der Waals surface area contributed by atoms with Gasteiger partial charge < -0.3 is 10.2 Å². The van der Waals surface area contributed by atoms with Gasteiger partial charge in [-0.2, -0.15) is 0 Å². The second kappa shape index (κ2) is 13.5. The van der Waals surface area contributed by atoms with Crippen molar-refractivity contribution >= 4 is 27.5 Å². The molecule has 204 valence electrons. The van der Waals surface area contributed by atoms with Gasteiger partial charge in [0.05, 0.1) is 11.9 Å². The Hall–Kier alpha value is -3.01. The number of anilines is 1. The third-order valence-corrected chi connectivity index (χ3v) is 7.08. The molecule has 0 unspecified atom stereocenters. The maximum Gasteiger partial charge on any atom is 0.242 e. The van der Waals surface area contributed by atoms with Gasteiger partial charge in [0, 0.05) is 32.1 Å². The number of benzene rings is 2. The fourth-order valence-electron chi connectivity index (χ4n) is 3.88. The van der Waals surface area contributed by atoms with Crippen LogP contribution in [0, 0.1) is 24.5 Å². The van der Waals surface area contributed by atoms with Crippen LogP contribution in [0.4, 0.5) is 14.5 Å². The Morgan fingerprint density at radius 2 is 1.68 bits per heavy atom. The van der Waals surface area contributed by atoms with Crippen molar-refractivity contribution in [1.82, 2.24) is 10.2 Å². The van der Waals surface area contributed by atoms with E-state index in [4.69, 9.17) is 0 Å². The number of amides is 2. The summed E-state index contributed by atoms with van der Waals surface area (Å²) in [7, 11) is -3.81. The Bertz CT molecular complexity index is 1170. The van der Waals surface area contributed by atoms with E-state index in [0.29, 0.717) is 13.0 Å². The van der Waals surface area contributed by atoms with Gasteiger partial charge in [-0.3, -0.25) is 13.9 Å². The van der Waals surface area contributed by atoms with Crippen molar-refractivity contribution in [2.24, 2.45) is 5.92 Å². The average Bonchev–Trinajstić information content (AvgIpc) is 2.82. The number of rotatable bonds is 13. The summed E-state index contributed by atoms with van der Waals surface area (Å²) in [6, 6.07) is 9.84. The highest BCUT2D eigenvalue weighted by Gasteiger charge is 2.29. The molecule has 1 N–H and O–H groups in total. The van der Waals surface area contributed by atoms with Crippen molar-refractivity contribution in [3.63, 3.8) is 0 Å². The number of aryl methyl sites for hydroxylation is 1. The topological polar surface area (TPSA) is 86.8 Å².